The molecule has 1 aliphatic heterocycles. The third-order valence-corrected chi connectivity index (χ3v) is 5.43. The Morgan fingerprint density at radius 3 is 2.08 bits per heavy atom. The van der Waals surface area contributed by atoms with Crippen LogP contribution in [0.4, 0.5) is 0 Å². The minimum absolute atomic E-state index is 0.439. The lowest BCUT2D eigenvalue weighted by atomic mass is 9.75. The summed E-state index contributed by atoms with van der Waals surface area (Å²) in [5.74, 6) is 0.585. The molecule has 0 spiro atoms. The molecule has 1 aliphatic rings. The van der Waals surface area contributed by atoms with Gasteiger partial charge < -0.3 is 5.32 Å². The standard InChI is InChI=1S/C23H31N/c1-3-5-14-21-19-15-10-11-16-20(19)22(17-6-4-2)24-23(21)18-12-8-7-9-13-18/h7-13,15-16,21-24H,3-6,14,17H2,1-2H3. The monoisotopic (exact) mass is 321 g/mol. The van der Waals surface area contributed by atoms with Crippen molar-refractivity contribution in [2.45, 2.75) is 70.4 Å². The molecule has 1 heterocycles. The summed E-state index contributed by atoms with van der Waals surface area (Å²) in [6.45, 7) is 4.58. The summed E-state index contributed by atoms with van der Waals surface area (Å²) >= 11 is 0. The van der Waals surface area contributed by atoms with Crippen molar-refractivity contribution in [2.24, 2.45) is 0 Å². The van der Waals surface area contributed by atoms with Crippen LogP contribution in [-0.4, -0.2) is 0 Å². The Morgan fingerprint density at radius 2 is 1.38 bits per heavy atom. The molecule has 0 aliphatic carbocycles. The summed E-state index contributed by atoms with van der Waals surface area (Å²) in [6, 6.07) is 21.2. The highest BCUT2D eigenvalue weighted by Gasteiger charge is 2.34. The molecule has 0 fully saturated rings. The van der Waals surface area contributed by atoms with Crippen LogP contribution in [0.15, 0.2) is 54.6 Å². The quantitative estimate of drug-likeness (QED) is 0.611. The van der Waals surface area contributed by atoms with Gasteiger partial charge in [-0.15, -0.1) is 0 Å². The summed E-state index contributed by atoms with van der Waals surface area (Å²) in [5.41, 5.74) is 4.56. The van der Waals surface area contributed by atoms with Gasteiger partial charge in [-0.05, 0) is 29.5 Å². The van der Waals surface area contributed by atoms with E-state index in [9.17, 15) is 0 Å². The molecule has 0 saturated heterocycles. The maximum Gasteiger partial charge on any atom is 0.0394 e. The van der Waals surface area contributed by atoms with E-state index in [-0.39, 0.29) is 0 Å². The largest absolute Gasteiger partial charge is 0.303 e. The molecule has 0 bridgehead atoms. The number of hydrogen-bond acceptors (Lipinski definition) is 1. The van der Waals surface area contributed by atoms with Gasteiger partial charge in [0.25, 0.3) is 0 Å². The second-order valence-corrected chi connectivity index (χ2v) is 7.13. The van der Waals surface area contributed by atoms with Gasteiger partial charge >= 0.3 is 0 Å². The average Bonchev–Trinajstić information content (AvgIpc) is 2.65. The molecular weight excluding hydrogens is 290 g/mol. The predicted molar refractivity (Wildman–Crippen MR) is 103 cm³/mol. The van der Waals surface area contributed by atoms with Crippen molar-refractivity contribution in [3.05, 3.63) is 71.3 Å². The number of benzene rings is 2. The van der Waals surface area contributed by atoms with Gasteiger partial charge in [0, 0.05) is 18.0 Å². The second kappa shape index (κ2) is 8.48. The molecule has 0 saturated carbocycles. The van der Waals surface area contributed by atoms with E-state index in [1.807, 2.05) is 0 Å². The molecular formula is C23H31N. The van der Waals surface area contributed by atoms with E-state index < -0.39 is 0 Å². The van der Waals surface area contributed by atoms with Gasteiger partial charge in [0.1, 0.15) is 0 Å². The van der Waals surface area contributed by atoms with Crippen molar-refractivity contribution in [1.29, 1.82) is 0 Å². The van der Waals surface area contributed by atoms with E-state index in [2.05, 4.69) is 73.8 Å². The Kier molecular flexibility index (Phi) is 6.09. The van der Waals surface area contributed by atoms with E-state index in [1.54, 1.807) is 11.1 Å². The SMILES string of the molecule is CCCCC1NC(c2ccccc2)C(CCCC)c2ccccc21. The van der Waals surface area contributed by atoms with Gasteiger partial charge in [-0.2, -0.15) is 0 Å². The Labute approximate surface area is 147 Å². The molecule has 2 aromatic carbocycles. The Balaban J connectivity index is 1.97. The predicted octanol–water partition coefficient (Wildman–Crippen LogP) is 6.54. The Hall–Kier alpha value is -1.60. The van der Waals surface area contributed by atoms with E-state index in [0.29, 0.717) is 18.0 Å². The van der Waals surface area contributed by atoms with Gasteiger partial charge in [0.2, 0.25) is 0 Å². The molecule has 1 heteroatoms. The van der Waals surface area contributed by atoms with Crippen LogP contribution >= 0.6 is 0 Å². The van der Waals surface area contributed by atoms with Crippen LogP contribution in [0.25, 0.3) is 0 Å². The van der Waals surface area contributed by atoms with Crippen molar-refractivity contribution >= 4 is 0 Å². The Bertz CT molecular complexity index is 619. The number of hydrogen-bond donors (Lipinski definition) is 1. The molecule has 2 aromatic rings. The van der Waals surface area contributed by atoms with Crippen LogP contribution < -0.4 is 5.32 Å². The summed E-state index contributed by atoms with van der Waals surface area (Å²) in [5, 5.41) is 4.02. The van der Waals surface area contributed by atoms with Crippen LogP contribution in [0, 0.1) is 0 Å². The summed E-state index contributed by atoms with van der Waals surface area (Å²) in [4.78, 5) is 0. The maximum atomic E-state index is 4.02. The fraction of sp³-hybridized carbons (Fsp3) is 0.478. The van der Waals surface area contributed by atoms with Crippen LogP contribution in [0.5, 0.6) is 0 Å². The van der Waals surface area contributed by atoms with Gasteiger partial charge in [-0.25, -0.2) is 0 Å². The molecule has 1 nitrogen and oxygen atoms in total. The zero-order valence-electron chi connectivity index (χ0n) is 15.2. The van der Waals surface area contributed by atoms with Crippen molar-refractivity contribution in [2.75, 3.05) is 0 Å². The summed E-state index contributed by atoms with van der Waals surface area (Å²) < 4.78 is 0. The van der Waals surface area contributed by atoms with E-state index >= 15 is 0 Å². The second-order valence-electron chi connectivity index (χ2n) is 7.13. The molecule has 128 valence electrons. The van der Waals surface area contributed by atoms with Crippen molar-refractivity contribution in [1.82, 2.24) is 5.32 Å². The van der Waals surface area contributed by atoms with E-state index in [1.165, 1.54) is 44.1 Å². The molecule has 0 aromatic heterocycles. The minimum Gasteiger partial charge on any atom is -0.303 e. The van der Waals surface area contributed by atoms with Gasteiger partial charge in [0.05, 0.1) is 0 Å². The highest BCUT2D eigenvalue weighted by molar-refractivity contribution is 5.39. The lowest BCUT2D eigenvalue weighted by Gasteiger charge is -2.40. The fourth-order valence-electron chi connectivity index (χ4n) is 4.15. The summed E-state index contributed by atoms with van der Waals surface area (Å²) in [7, 11) is 0. The lowest BCUT2D eigenvalue weighted by Crippen LogP contribution is -2.36. The zero-order valence-corrected chi connectivity index (χ0v) is 15.2. The van der Waals surface area contributed by atoms with Crippen LogP contribution in [0.3, 0.4) is 0 Å². The molecule has 3 rings (SSSR count). The highest BCUT2D eigenvalue weighted by Crippen LogP contribution is 2.44. The third kappa shape index (κ3) is 3.72. The first-order valence-corrected chi connectivity index (χ1v) is 9.75. The Morgan fingerprint density at radius 1 is 0.750 bits per heavy atom. The highest BCUT2D eigenvalue weighted by atomic mass is 15.0. The first-order chi connectivity index (χ1) is 11.8. The topological polar surface area (TPSA) is 12.0 Å². The molecule has 0 amide bonds. The molecule has 0 radical (unpaired) electrons. The number of rotatable bonds is 7. The first-order valence-electron chi connectivity index (χ1n) is 9.75. The van der Waals surface area contributed by atoms with E-state index in [4.69, 9.17) is 0 Å². The van der Waals surface area contributed by atoms with Gasteiger partial charge in [0.15, 0.2) is 0 Å². The third-order valence-electron chi connectivity index (χ3n) is 5.43. The van der Waals surface area contributed by atoms with Gasteiger partial charge in [-0.3, -0.25) is 0 Å². The number of fused-ring (bicyclic) bond motifs is 1. The first kappa shape index (κ1) is 17.2. The zero-order chi connectivity index (χ0) is 16.8. The van der Waals surface area contributed by atoms with Crippen molar-refractivity contribution in [3.63, 3.8) is 0 Å². The van der Waals surface area contributed by atoms with Crippen LogP contribution in [-0.2, 0) is 0 Å². The minimum atomic E-state index is 0.439. The fourth-order valence-corrected chi connectivity index (χ4v) is 4.15. The molecule has 3 unspecified atom stereocenters. The summed E-state index contributed by atoms with van der Waals surface area (Å²) in [6.07, 6.45) is 7.60. The normalized spacial score (nSPS) is 23.0. The lowest BCUT2D eigenvalue weighted by molar-refractivity contribution is 0.323. The number of unbranched alkanes of at least 4 members (excludes halogenated alkanes) is 2. The van der Waals surface area contributed by atoms with E-state index in [0.717, 1.165) is 0 Å². The smallest absolute Gasteiger partial charge is 0.0394 e. The van der Waals surface area contributed by atoms with Crippen molar-refractivity contribution < 1.29 is 0 Å². The maximum absolute atomic E-state index is 4.02. The molecule has 3 atom stereocenters. The van der Waals surface area contributed by atoms with Gasteiger partial charge in [-0.1, -0.05) is 94.1 Å². The van der Waals surface area contributed by atoms with Crippen molar-refractivity contribution in [3.8, 4) is 0 Å². The number of nitrogens with one attached hydrogen (secondary N) is 1. The molecule has 1 N–H and O–H groups in total. The molecule has 24 heavy (non-hydrogen) atoms. The van der Waals surface area contributed by atoms with Crippen LogP contribution in [0.2, 0.25) is 0 Å². The van der Waals surface area contributed by atoms with Crippen LogP contribution in [0.1, 0.15) is 87.1 Å². The average molecular weight is 322 g/mol.